The maximum atomic E-state index is 12.6. The number of hydrogen-bond acceptors (Lipinski definition) is 4. The van der Waals surface area contributed by atoms with Crippen LogP contribution >= 0.6 is 0 Å². The van der Waals surface area contributed by atoms with E-state index in [0.29, 0.717) is 18.9 Å². The van der Waals surface area contributed by atoms with E-state index in [1.807, 2.05) is 20.8 Å². The van der Waals surface area contributed by atoms with Crippen molar-refractivity contribution in [2.45, 2.75) is 52.0 Å². The highest BCUT2D eigenvalue weighted by Gasteiger charge is 2.53. The van der Waals surface area contributed by atoms with Gasteiger partial charge in [-0.05, 0) is 43.2 Å². The molecule has 7 nitrogen and oxygen atoms in total. The van der Waals surface area contributed by atoms with Gasteiger partial charge in [-0.3, -0.25) is 14.4 Å². The molecule has 0 unspecified atom stereocenters. The Balaban J connectivity index is 1.55. The fourth-order valence-electron chi connectivity index (χ4n) is 3.90. The predicted molar refractivity (Wildman–Crippen MR) is 102 cm³/mol. The van der Waals surface area contributed by atoms with Gasteiger partial charge in [0.15, 0.2) is 0 Å². The van der Waals surface area contributed by atoms with Gasteiger partial charge in [0.05, 0.1) is 12.0 Å². The van der Waals surface area contributed by atoms with E-state index in [4.69, 9.17) is 4.74 Å². The summed E-state index contributed by atoms with van der Waals surface area (Å²) < 4.78 is 5.50. The van der Waals surface area contributed by atoms with Crippen molar-refractivity contribution in [3.63, 3.8) is 0 Å². The maximum absolute atomic E-state index is 12.6. The van der Waals surface area contributed by atoms with Gasteiger partial charge in [0.1, 0.15) is 5.56 Å². The summed E-state index contributed by atoms with van der Waals surface area (Å²) in [5.41, 5.74) is 0.101. The molecule has 2 aliphatic heterocycles. The van der Waals surface area contributed by atoms with E-state index < -0.39 is 11.5 Å². The molecule has 0 aromatic carbocycles. The lowest BCUT2D eigenvalue weighted by Crippen LogP contribution is -2.59. The van der Waals surface area contributed by atoms with Gasteiger partial charge in [0, 0.05) is 24.9 Å². The first-order chi connectivity index (χ1) is 12.8. The number of H-pyrrole nitrogens is 1. The fraction of sp³-hybridized carbons (Fsp3) is 0.650. The number of pyridine rings is 1. The Kier molecular flexibility index (Phi) is 5.69. The van der Waals surface area contributed by atoms with Crippen molar-refractivity contribution in [2.24, 2.45) is 11.3 Å². The van der Waals surface area contributed by atoms with E-state index in [-0.39, 0.29) is 35.4 Å². The third-order valence-corrected chi connectivity index (χ3v) is 5.71. The second kappa shape index (κ2) is 7.84. The molecule has 2 amide bonds. The van der Waals surface area contributed by atoms with Crippen LogP contribution in [0.4, 0.5) is 0 Å². The number of nitrogens with one attached hydrogen (secondary N) is 3. The summed E-state index contributed by atoms with van der Waals surface area (Å²) in [5, 5.41) is 5.81. The molecule has 1 aromatic heterocycles. The SMILES string of the molecule is CC[C@H](CNC(=O)c1ccc(C(C)C)[nH]c1=O)NC(=O)C12COCC(C1)C2. The van der Waals surface area contributed by atoms with Gasteiger partial charge >= 0.3 is 0 Å². The number of rotatable bonds is 7. The molecule has 3 aliphatic rings. The number of carbonyl (C=O) groups excluding carboxylic acids is 2. The molecule has 0 spiro atoms. The largest absolute Gasteiger partial charge is 0.380 e. The van der Waals surface area contributed by atoms with E-state index in [1.165, 1.54) is 0 Å². The standard InChI is InChI=1S/C20H29N3O4/c1-4-14(22-19(26)20-7-13(8-20)10-27-11-20)9-21-17(24)15-5-6-16(12(2)3)23-18(15)25/h5-6,12-14H,4,7-11H2,1-3H3,(H,21,24)(H,22,26)(H,23,25)/t13?,14-,20?/m1/s1. The van der Waals surface area contributed by atoms with Gasteiger partial charge in [-0.25, -0.2) is 0 Å². The van der Waals surface area contributed by atoms with Crippen LogP contribution in [0.25, 0.3) is 0 Å². The minimum atomic E-state index is -0.429. The Morgan fingerprint density at radius 3 is 2.63 bits per heavy atom. The Morgan fingerprint density at radius 2 is 2.07 bits per heavy atom. The van der Waals surface area contributed by atoms with Crippen LogP contribution in [0.3, 0.4) is 0 Å². The van der Waals surface area contributed by atoms with E-state index in [1.54, 1.807) is 12.1 Å². The van der Waals surface area contributed by atoms with Crippen molar-refractivity contribution in [1.82, 2.24) is 15.6 Å². The zero-order valence-electron chi connectivity index (χ0n) is 16.3. The number of ether oxygens (including phenoxy) is 1. The summed E-state index contributed by atoms with van der Waals surface area (Å²) in [4.78, 5) is 39.9. The lowest BCUT2D eigenvalue weighted by molar-refractivity contribution is -0.167. The van der Waals surface area contributed by atoms with Crippen molar-refractivity contribution in [2.75, 3.05) is 19.8 Å². The van der Waals surface area contributed by atoms with E-state index in [2.05, 4.69) is 15.6 Å². The summed E-state index contributed by atoms with van der Waals surface area (Å²) in [6, 6.07) is 3.14. The smallest absolute Gasteiger partial charge is 0.261 e. The molecule has 7 heteroatoms. The lowest BCUT2D eigenvalue weighted by Gasteiger charge is -2.50. The molecule has 0 radical (unpaired) electrons. The Bertz CT molecular complexity index is 759. The highest BCUT2D eigenvalue weighted by atomic mass is 16.5. The molecule has 4 rings (SSSR count). The van der Waals surface area contributed by atoms with Crippen LogP contribution in [-0.2, 0) is 9.53 Å². The topological polar surface area (TPSA) is 100 Å². The quantitative estimate of drug-likeness (QED) is 0.673. The molecule has 1 saturated carbocycles. The van der Waals surface area contributed by atoms with Crippen LogP contribution in [0.1, 0.15) is 62.0 Å². The highest BCUT2D eigenvalue weighted by molar-refractivity contribution is 5.93. The second-order valence-electron chi connectivity index (χ2n) is 8.17. The van der Waals surface area contributed by atoms with Crippen LogP contribution in [0.15, 0.2) is 16.9 Å². The third-order valence-electron chi connectivity index (χ3n) is 5.71. The number of carbonyl (C=O) groups is 2. The van der Waals surface area contributed by atoms with Crippen molar-refractivity contribution < 1.29 is 14.3 Å². The first-order valence-corrected chi connectivity index (χ1v) is 9.75. The first kappa shape index (κ1) is 19.6. The molecule has 3 N–H and O–H groups in total. The lowest BCUT2D eigenvalue weighted by atomic mass is 9.60. The Labute approximate surface area is 159 Å². The van der Waals surface area contributed by atoms with Crippen molar-refractivity contribution >= 4 is 11.8 Å². The molecule has 3 heterocycles. The summed E-state index contributed by atoms with van der Waals surface area (Å²) >= 11 is 0. The Morgan fingerprint density at radius 1 is 1.33 bits per heavy atom. The average molecular weight is 375 g/mol. The fourth-order valence-corrected chi connectivity index (χ4v) is 3.90. The van der Waals surface area contributed by atoms with Gasteiger partial charge < -0.3 is 20.4 Å². The van der Waals surface area contributed by atoms with Gasteiger partial charge in [0.25, 0.3) is 11.5 Å². The summed E-state index contributed by atoms with van der Waals surface area (Å²) in [6.45, 7) is 7.43. The predicted octanol–water partition coefficient (Wildman–Crippen LogP) is 1.55. The van der Waals surface area contributed by atoms with Crippen molar-refractivity contribution in [1.29, 1.82) is 0 Å². The van der Waals surface area contributed by atoms with Gasteiger partial charge in [0.2, 0.25) is 5.91 Å². The number of amides is 2. The van der Waals surface area contributed by atoms with Crippen LogP contribution in [0.2, 0.25) is 0 Å². The van der Waals surface area contributed by atoms with Crippen LogP contribution < -0.4 is 16.2 Å². The molecule has 27 heavy (non-hydrogen) atoms. The summed E-state index contributed by atoms with van der Waals surface area (Å²) in [7, 11) is 0. The Hall–Kier alpha value is -2.15. The minimum absolute atomic E-state index is 0.0127. The molecule has 1 aliphatic carbocycles. The third kappa shape index (κ3) is 4.08. The van der Waals surface area contributed by atoms with Crippen molar-refractivity contribution in [3.05, 3.63) is 33.7 Å². The zero-order chi connectivity index (χ0) is 19.6. The molecule has 1 aromatic rings. The molecular formula is C20H29N3O4. The molecule has 1 atom stereocenters. The van der Waals surface area contributed by atoms with E-state index in [9.17, 15) is 14.4 Å². The van der Waals surface area contributed by atoms with Gasteiger partial charge in [-0.1, -0.05) is 20.8 Å². The van der Waals surface area contributed by atoms with Gasteiger partial charge in [-0.15, -0.1) is 0 Å². The number of aromatic nitrogens is 1. The first-order valence-electron chi connectivity index (χ1n) is 9.75. The van der Waals surface area contributed by atoms with Gasteiger partial charge in [-0.2, -0.15) is 0 Å². The second-order valence-corrected chi connectivity index (χ2v) is 8.17. The van der Waals surface area contributed by atoms with E-state index in [0.717, 1.165) is 25.1 Å². The monoisotopic (exact) mass is 375 g/mol. The maximum Gasteiger partial charge on any atom is 0.261 e. The number of aromatic amines is 1. The highest BCUT2D eigenvalue weighted by Crippen LogP contribution is 2.49. The summed E-state index contributed by atoms with van der Waals surface area (Å²) in [6.07, 6.45) is 2.47. The van der Waals surface area contributed by atoms with E-state index >= 15 is 0 Å². The molecule has 148 valence electrons. The number of hydrogen-bond donors (Lipinski definition) is 3. The summed E-state index contributed by atoms with van der Waals surface area (Å²) in [5.74, 6) is 0.273. The van der Waals surface area contributed by atoms with Crippen molar-refractivity contribution in [3.8, 4) is 0 Å². The molecule has 2 saturated heterocycles. The normalized spacial score (nSPS) is 24.8. The molecule has 3 fully saturated rings. The number of fused-ring (bicyclic) bond motifs is 2. The minimum Gasteiger partial charge on any atom is -0.380 e. The van der Waals surface area contributed by atoms with Crippen LogP contribution in [0, 0.1) is 11.3 Å². The van der Waals surface area contributed by atoms with Crippen LogP contribution in [-0.4, -0.2) is 42.6 Å². The molecular weight excluding hydrogens is 346 g/mol. The van der Waals surface area contributed by atoms with Crippen LogP contribution in [0.5, 0.6) is 0 Å². The zero-order valence-corrected chi connectivity index (χ0v) is 16.3. The average Bonchev–Trinajstić information content (AvgIpc) is 2.64. The molecule has 2 bridgehead atoms.